The van der Waals surface area contributed by atoms with Gasteiger partial charge in [0.1, 0.15) is 5.69 Å². The highest BCUT2D eigenvalue weighted by atomic mass is 16.5. The van der Waals surface area contributed by atoms with Gasteiger partial charge in [-0.1, -0.05) is 24.3 Å². The van der Waals surface area contributed by atoms with Crippen molar-refractivity contribution in [1.82, 2.24) is 20.0 Å². The summed E-state index contributed by atoms with van der Waals surface area (Å²) in [5.74, 6) is -0.142. The van der Waals surface area contributed by atoms with E-state index in [0.717, 1.165) is 13.1 Å². The molecule has 122 valence electrons. The van der Waals surface area contributed by atoms with Crippen LogP contribution < -0.4 is 5.32 Å². The van der Waals surface area contributed by atoms with Gasteiger partial charge in [-0.15, -0.1) is 0 Å². The third-order valence-corrected chi connectivity index (χ3v) is 4.07. The normalized spacial score (nSPS) is 17.7. The van der Waals surface area contributed by atoms with E-state index in [4.69, 9.17) is 4.74 Å². The van der Waals surface area contributed by atoms with Crippen molar-refractivity contribution in [2.75, 3.05) is 27.3 Å². The zero-order valence-electron chi connectivity index (χ0n) is 13.5. The smallest absolute Gasteiger partial charge is 0.272 e. The predicted molar refractivity (Wildman–Crippen MR) is 87.1 cm³/mol. The van der Waals surface area contributed by atoms with Gasteiger partial charge in [0.05, 0.1) is 19.2 Å². The first kappa shape index (κ1) is 15.7. The summed E-state index contributed by atoms with van der Waals surface area (Å²) in [6.45, 7) is 2.92. The second kappa shape index (κ2) is 6.93. The van der Waals surface area contributed by atoms with Crippen LogP contribution in [0, 0.1) is 0 Å². The van der Waals surface area contributed by atoms with E-state index < -0.39 is 0 Å². The van der Waals surface area contributed by atoms with E-state index in [2.05, 4.69) is 34.5 Å². The largest absolute Gasteiger partial charge is 0.383 e. The molecule has 0 bridgehead atoms. The maximum atomic E-state index is 12.5. The number of likely N-dealkylation sites (N-methyl/N-ethyl adjacent to an activating group) is 1. The molecule has 0 fully saturated rings. The molecular weight excluding hydrogens is 292 g/mol. The van der Waals surface area contributed by atoms with Crippen LogP contribution in [0.15, 0.2) is 36.5 Å². The number of hydrogen-bond acceptors (Lipinski definition) is 4. The van der Waals surface area contributed by atoms with Gasteiger partial charge in [0, 0.05) is 26.4 Å². The molecule has 0 saturated carbocycles. The van der Waals surface area contributed by atoms with Crippen molar-refractivity contribution >= 4 is 5.91 Å². The minimum atomic E-state index is -0.142. The van der Waals surface area contributed by atoms with Crippen LogP contribution in [-0.2, 0) is 17.8 Å². The number of ether oxygens (including phenoxy) is 1. The Morgan fingerprint density at radius 1 is 1.39 bits per heavy atom. The zero-order valence-corrected chi connectivity index (χ0v) is 13.5. The number of benzene rings is 1. The second-order valence-electron chi connectivity index (χ2n) is 5.88. The lowest BCUT2D eigenvalue weighted by molar-refractivity contribution is 0.0915. The Morgan fingerprint density at radius 2 is 2.22 bits per heavy atom. The number of rotatable bonds is 5. The van der Waals surface area contributed by atoms with E-state index >= 15 is 0 Å². The number of fused-ring (bicyclic) bond motifs is 1. The summed E-state index contributed by atoms with van der Waals surface area (Å²) in [7, 11) is 3.71. The zero-order chi connectivity index (χ0) is 16.2. The molecule has 1 atom stereocenters. The van der Waals surface area contributed by atoms with Crippen molar-refractivity contribution < 1.29 is 9.53 Å². The molecule has 0 spiro atoms. The van der Waals surface area contributed by atoms with E-state index in [1.807, 2.05) is 12.1 Å². The lowest BCUT2D eigenvalue weighted by Gasteiger charge is -2.32. The van der Waals surface area contributed by atoms with Crippen molar-refractivity contribution in [1.29, 1.82) is 0 Å². The number of carbonyl (C=O) groups is 1. The van der Waals surface area contributed by atoms with E-state index in [9.17, 15) is 4.79 Å². The molecular formula is C17H22N4O2. The Kier molecular flexibility index (Phi) is 4.73. The molecule has 2 heterocycles. The maximum absolute atomic E-state index is 12.5. The van der Waals surface area contributed by atoms with Crippen molar-refractivity contribution in [2.45, 2.75) is 19.1 Å². The molecule has 1 aliphatic heterocycles. The van der Waals surface area contributed by atoms with Crippen LogP contribution in [0.4, 0.5) is 0 Å². The third-order valence-electron chi connectivity index (χ3n) is 4.07. The molecule has 0 radical (unpaired) electrons. The summed E-state index contributed by atoms with van der Waals surface area (Å²) < 4.78 is 6.74. The summed E-state index contributed by atoms with van der Waals surface area (Å²) in [6, 6.07) is 9.98. The minimum absolute atomic E-state index is 0.0124. The molecule has 1 aromatic heterocycles. The van der Waals surface area contributed by atoms with Crippen LogP contribution in [0.25, 0.3) is 0 Å². The van der Waals surface area contributed by atoms with Gasteiger partial charge >= 0.3 is 0 Å². The van der Waals surface area contributed by atoms with E-state index in [-0.39, 0.29) is 11.9 Å². The van der Waals surface area contributed by atoms with Crippen LogP contribution >= 0.6 is 0 Å². The van der Waals surface area contributed by atoms with Crippen LogP contribution in [-0.4, -0.2) is 47.9 Å². The number of hydrogen-bond donors (Lipinski definition) is 1. The Balaban J connectivity index is 1.71. The summed E-state index contributed by atoms with van der Waals surface area (Å²) in [4.78, 5) is 14.7. The van der Waals surface area contributed by atoms with Gasteiger partial charge in [-0.05, 0) is 24.2 Å². The van der Waals surface area contributed by atoms with Crippen LogP contribution in [0.1, 0.15) is 27.7 Å². The summed E-state index contributed by atoms with van der Waals surface area (Å²) >= 11 is 0. The fraction of sp³-hybridized carbons (Fsp3) is 0.412. The first-order chi connectivity index (χ1) is 11.2. The Bertz CT molecular complexity index is 683. The monoisotopic (exact) mass is 314 g/mol. The molecule has 1 unspecified atom stereocenters. The van der Waals surface area contributed by atoms with Crippen molar-refractivity contribution in [3.8, 4) is 0 Å². The van der Waals surface area contributed by atoms with Gasteiger partial charge in [-0.3, -0.25) is 14.4 Å². The van der Waals surface area contributed by atoms with Gasteiger partial charge in [0.2, 0.25) is 0 Å². The highest BCUT2D eigenvalue weighted by Crippen LogP contribution is 2.25. The summed E-state index contributed by atoms with van der Waals surface area (Å²) in [5, 5.41) is 7.40. The third kappa shape index (κ3) is 3.60. The van der Waals surface area contributed by atoms with Gasteiger partial charge in [-0.25, -0.2) is 0 Å². The Hall–Kier alpha value is -2.18. The van der Waals surface area contributed by atoms with Crippen molar-refractivity contribution in [2.24, 2.45) is 0 Å². The van der Waals surface area contributed by atoms with Gasteiger partial charge < -0.3 is 10.1 Å². The molecule has 6 heteroatoms. The molecule has 0 aliphatic carbocycles. The Labute approximate surface area is 136 Å². The number of nitrogens with zero attached hydrogens (tertiary/aromatic N) is 3. The quantitative estimate of drug-likeness (QED) is 0.907. The van der Waals surface area contributed by atoms with Gasteiger partial charge in [-0.2, -0.15) is 5.10 Å². The lowest BCUT2D eigenvalue weighted by atomic mass is 9.95. The number of aromatic nitrogens is 2. The molecule has 3 rings (SSSR count). The number of carbonyl (C=O) groups excluding carboxylic acids is 1. The standard InChI is InChI=1S/C17H22N4O2/c1-20-11-13-5-3-4-6-14(13)16(12-20)18-17(22)15-7-8-21(19-15)9-10-23-2/h3-8,16H,9-12H2,1-2H3,(H,18,22). The Morgan fingerprint density at radius 3 is 3.04 bits per heavy atom. The molecule has 0 saturated heterocycles. The lowest BCUT2D eigenvalue weighted by Crippen LogP contribution is -2.40. The van der Waals surface area contributed by atoms with E-state index in [0.29, 0.717) is 18.8 Å². The maximum Gasteiger partial charge on any atom is 0.272 e. The molecule has 2 aromatic rings. The minimum Gasteiger partial charge on any atom is -0.383 e. The fourth-order valence-corrected chi connectivity index (χ4v) is 2.93. The van der Waals surface area contributed by atoms with Gasteiger partial charge in [0.25, 0.3) is 5.91 Å². The van der Waals surface area contributed by atoms with Gasteiger partial charge in [0.15, 0.2) is 0 Å². The number of amides is 1. The second-order valence-corrected chi connectivity index (χ2v) is 5.88. The van der Waals surface area contributed by atoms with E-state index in [1.165, 1.54) is 11.1 Å². The average Bonchev–Trinajstić information content (AvgIpc) is 3.01. The molecule has 1 amide bonds. The summed E-state index contributed by atoms with van der Waals surface area (Å²) in [6.07, 6.45) is 1.80. The molecule has 6 nitrogen and oxygen atoms in total. The highest BCUT2D eigenvalue weighted by Gasteiger charge is 2.25. The molecule has 1 aliphatic rings. The first-order valence-electron chi connectivity index (χ1n) is 7.77. The SMILES string of the molecule is COCCn1ccc(C(=O)NC2CN(C)Cc3ccccc32)n1. The fourth-order valence-electron chi connectivity index (χ4n) is 2.93. The van der Waals surface area contributed by atoms with Crippen LogP contribution in [0.3, 0.4) is 0 Å². The summed E-state index contributed by atoms with van der Waals surface area (Å²) in [5.41, 5.74) is 2.89. The van der Waals surface area contributed by atoms with Crippen LogP contribution in [0.2, 0.25) is 0 Å². The topological polar surface area (TPSA) is 59.4 Å². The predicted octanol–water partition coefficient (Wildman–Crippen LogP) is 1.45. The van der Waals surface area contributed by atoms with Crippen LogP contribution in [0.5, 0.6) is 0 Å². The van der Waals surface area contributed by atoms with Crippen molar-refractivity contribution in [3.63, 3.8) is 0 Å². The number of methoxy groups -OCH3 is 1. The first-order valence-corrected chi connectivity index (χ1v) is 7.77. The molecule has 23 heavy (non-hydrogen) atoms. The van der Waals surface area contributed by atoms with Crippen molar-refractivity contribution in [3.05, 3.63) is 53.3 Å². The molecule has 1 aromatic carbocycles. The number of nitrogens with one attached hydrogen (secondary N) is 1. The highest BCUT2D eigenvalue weighted by molar-refractivity contribution is 5.92. The van der Waals surface area contributed by atoms with E-state index in [1.54, 1.807) is 24.1 Å². The molecule has 1 N–H and O–H groups in total. The average molecular weight is 314 g/mol.